The molecule has 3 rings (SSSR count). The lowest BCUT2D eigenvalue weighted by Gasteiger charge is -2.28. The lowest BCUT2D eigenvalue weighted by Crippen LogP contribution is -2.21. The molecule has 0 aliphatic heterocycles. The Morgan fingerprint density at radius 1 is 0.952 bits per heavy atom. The van der Waals surface area contributed by atoms with Crippen LogP contribution in [0.1, 0.15) is 37.7 Å². The highest BCUT2D eigenvalue weighted by Crippen LogP contribution is 2.36. The summed E-state index contributed by atoms with van der Waals surface area (Å²) in [4.78, 5) is 9.14. The largest absolute Gasteiger partial charge is 0.258 e. The summed E-state index contributed by atoms with van der Waals surface area (Å²) in [6, 6.07) is 10.6. The molecular weight excluding hydrogens is 256 g/mol. The highest BCUT2D eigenvalue weighted by Gasteiger charge is 2.28. The van der Waals surface area contributed by atoms with Crippen molar-refractivity contribution in [2.75, 3.05) is 0 Å². The number of hydrogen-bond acceptors (Lipinski definition) is 2. The third kappa shape index (κ3) is 3.05. The van der Waals surface area contributed by atoms with Crippen molar-refractivity contribution in [3.8, 4) is 0 Å². The van der Waals surface area contributed by atoms with Gasteiger partial charge in [0.05, 0.1) is 11.4 Å². The summed E-state index contributed by atoms with van der Waals surface area (Å²) < 4.78 is 0. The van der Waals surface area contributed by atoms with Crippen LogP contribution in [-0.4, -0.2) is 9.97 Å². The molecule has 1 heterocycles. The van der Waals surface area contributed by atoms with Crippen molar-refractivity contribution in [3.05, 3.63) is 65.8 Å². The second kappa shape index (κ2) is 5.44. The number of allylic oxidation sites excluding steroid dienone is 2. The molecule has 1 aromatic carbocycles. The summed E-state index contributed by atoms with van der Waals surface area (Å²) in [5.74, 6) is 0.477. The predicted molar refractivity (Wildman–Crippen MR) is 86.8 cm³/mol. The summed E-state index contributed by atoms with van der Waals surface area (Å²) in [5, 5.41) is 0. The van der Waals surface area contributed by atoms with Crippen molar-refractivity contribution in [1.82, 2.24) is 9.97 Å². The standard InChI is InChI=1S/C19H22N2/c1-19(2,3)16-11-15(14-7-5-4-6-8-14)12-17-18(13-16)21-10-9-20-17/h4-11,16H,12-13H2,1-3H3. The van der Waals surface area contributed by atoms with E-state index in [9.17, 15) is 0 Å². The Bertz CT molecular complexity index is 651. The molecule has 1 unspecified atom stereocenters. The van der Waals surface area contributed by atoms with Gasteiger partial charge < -0.3 is 0 Å². The first-order valence-electron chi connectivity index (χ1n) is 7.59. The van der Waals surface area contributed by atoms with Gasteiger partial charge in [-0.15, -0.1) is 0 Å². The second-order valence-electron chi connectivity index (χ2n) is 6.86. The molecule has 0 spiro atoms. The monoisotopic (exact) mass is 278 g/mol. The van der Waals surface area contributed by atoms with E-state index in [4.69, 9.17) is 0 Å². The number of fused-ring (bicyclic) bond motifs is 1. The van der Waals surface area contributed by atoms with Gasteiger partial charge >= 0.3 is 0 Å². The van der Waals surface area contributed by atoms with E-state index in [2.05, 4.69) is 67.1 Å². The van der Waals surface area contributed by atoms with Gasteiger partial charge in [-0.3, -0.25) is 9.97 Å². The Balaban J connectivity index is 2.08. The molecule has 0 bridgehead atoms. The molecule has 0 amide bonds. The van der Waals surface area contributed by atoms with Gasteiger partial charge in [-0.05, 0) is 28.9 Å². The molecular formula is C19H22N2. The Morgan fingerprint density at radius 2 is 1.62 bits per heavy atom. The third-order valence-corrected chi connectivity index (χ3v) is 4.29. The molecule has 2 aromatic rings. The first-order chi connectivity index (χ1) is 10.0. The van der Waals surface area contributed by atoms with Gasteiger partial charge in [-0.25, -0.2) is 0 Å². The molecule has 1 atom stereocenters. The van der Waals surface area contributed by atoms with Crippen LogP contribution in [0.5, 0.6) is 0 Å². The number of hydrogen-bond donors (Lipinski definition) is 0. The molecule has 0 saturated carbocycles. The van der Waals surface area contributed by atoms with Crippen molar-refractivity contribution in [2.24, 2.45) is 11.3 Å². The molecule has 1 aliphatic carbocycles. The van der Waals surface area contributed by atoms with Gasteiger partial charge in [0.25, 0.3) is 0 Å². The Morgan fingerprint density at radius 3 is 2.29 bits per heavy atom. The van der Waals surface area contributed by atoms with E-state index in [0.29, 0.717) is 5.92 Å². The van der Waals surface area contributed by atoms with Crippen LogP contribution in [0.25, 0.3) is 5.57 Å². The summed E-state index contributed by atoms with van der Waals surface area (Å²) in [6.45, 7) is 6.91. The smallest absolute Gasteiger partial charge is 0.0662 e. The molecule has 0 radical (unpaired) electrons. The van der Waals surface area contributed by atoms with Crippen LogP contribution < -0.4 is 0 Å². The third-order valence-electron chi connectivity index (χ3n) is 4.29. The SMILES string of the molecule is CC(C)(C)C1C=C(c2ccccc2)Cc2nccnc2C1. The van der Waals surface area contributed by atoms with Crippen LogP contribution in [0.4, 0.5) is 0 Å². The van der Waals surface area contributed by atoms with Crippen molar-refractivity contribution < 1.29 is 0 Å². The van der Waals surface area contributed by atoms with Crippen LogP contribution in [0, 0.1) is 11.3 Å². The summed E-state index contributed by atoms with van der Waals surface area (Å²) in [5.41, 5.74) is 5.16. The van der Waals surface area contributed by atoms with Gasteiger partial charge in [-0.1, -0.05) is 57.2 Å². The Kier molecular flexibility index (Phi) is 3.62. The molecule has 0 saturated heterocycles. The summed E-state index contributed by atoms with van der Waals surface area (Å²) in [7, 11) is 0. The van der Waals surface area contributed by atoms with E-state index in [1.807, 2.05) is 6.20 Å². The summed E-state index contributed by atoms with van der Waals surface area (Å²) in [6.07, 6.45) is 7.91. The maximum Gasteiger partial charge on any atom is 0.0662 e. The lowest BCUT2D eigenvalue weighted by atomic mass is 9.77. The van der Waals surface area contributed by atoms with E-state index in [0.717, 1.165) is 24.2 Å². The zero-order valence-corrected chi connectivity index (χ0v) is 13.0. The van der Waals surface area contributed by atoms with Gasteiger partial charge in [-0.2, -0.15) is 0 Å². The van der Waals surface area contributed by atoms with Crippen molar-refractivity contribution in [1.29, 1.82) is 0 Å². The fraction of sp³-hybridized carbons (Fsp3) is 0.368. The van der Waals surface area contributed by atoms with Crippen LogP contribution >= 0.6 is 0 Å². The van der Waals surface area contributed by atoms with Crippen molar-refractivity contribution >= 4 is 5.57 Å². The van der Waals surface area contributed by atoms with Crippen LogP contribution in [0.3, 0.4) is 0 Å². The maximum atomic E-state index is 4.58. The Hall–Kier alpha value is -1.96. The highest BCUT2D eigenvalue weighted by molar-refractivity contribution is 5.68. The predicted octanol–water partition coefficient (Wildman–Crippen LogP) is 4.32. The molecule has 2 heteroatoms. The first kappa shape index (κ1) is 14.0. The quantitative estimate of drug-likeness (QED) is 0.776. The minimum Gasteiger partial charge on any atom is -0.258 e. The van der Waals surface area contributed by atoms with Gasteiger partial charge in [0.15, 0.2) is 0 Å². The number of benzene rings is 1. The number of rotatable bonds is 1. The fourth-order valence-electron chi connectivity index (χ4n) is 2.87. The zero-order chi connectivity index (χ0) is 14.9. The molecule has 0 fully saturated rings. The molecule has 21 heavy (non-hydrogen) atoms. The van der Waals surface area contributed by atoms with Crippen LogP contribution in [-0.2, 0) is 12.8 Å². The minimum absolute atomic E-state index is 0.221. The number of aromatic nitrogens is 2. The van der Waals surface area contributed by atoms with Gasteiger partial charge in [0.1, 0.15) is 0 Å². The van der Waals surface area contributed by atoms with Crippen LogP contribution in [0.15, 0.2) is 48.8 Å². The highest BCUT2D eigenvalue weighted by atomic mass is 14.8. The maximum absolute atomic E-state index is 4.58. The van der Waals surface area contributed by atoms with Gasteiger partial charge in [0.2, 0.25) is 0 Å². The van der Waals surface area contributed by atoms with E-state index < -0.39 is 0 Å². The van der Waals surface area contributed by atoms with Crippen molar-refractivity contribution in [3.63, 3.8) is 0 Å². The minimum atomic E-state index is 0.221. The van der Waals surface area contributed by atoms with E-state index in [1.165, 1.54) is 11.1 Å². The Labute approximate surface area is 127 Å². The van der Waals surface area contributed by atoms with E-state index in [-0.39, 0.29) is 5.41 Å². The zero-order valence-electron chi connectivity index (χ0n) is 13.0. The first-order valence-corrected chi connectivity index (χ1v) is 7.59. The van der Waals surface area contributed by atoms with Gasteiger partial charge in [0, 0.05) is 18.8 Å². The average molecular weight is 278 g/mol. The average Bonchev–Trinajstić information content (AvgIpc) is 2.67. The van der Waals surface area contributed by atoms with Crippen molar-refractivity contribution in [2.45, 2.75) is 33.6 Å². The molecule has 2 nitrogen and oxygen atoms in total. The summed E-state index contributed by atoms with van der Waals surface area (Å²) >= 11 is 0. The molecule has 1 aliphatic rings. The second-order valence-corrected chi connectivity index (χ2v) is 6.86. The van der Waals surface area contributed by atoms with Crippen LogP contribution in [0.2, 0.25) is 0 Å². The van der Waals surface area contributed by atoms with E-state index >= 15 is 0 Å². The fourth-order valence-corrected chi connectivity index (χ4v) is 2.87. The molecule has 108 valence electrons. The molecule has 0 N–H and O–H groups in total. The molecule has 1 aromatic heterocycles. The topological polar surface area (TPSA) is 25.8 Å². The lowest BCUT2D eigenvalue weighted by molar-refractivity contribution is 0.290. The number of nitrogens with zero attached hydrogens (tertiary/aromatic N) is 2. The van der Waals surface area contributed by atoms with E-state index in [1.54, 1.807) is 6.20 Å². The normalized spacial score (nSPS) is 18.6.